The van der Waals surface area contributed by atoms with Gasteiger partial charge in [-0.15, -0.1) is 11.8 Å². The molecule has 0 N–H and O–H groups in total. The minimum Gasteiger partial charge on any atom is -0.438 e. The lowest BCUT2D eigenvalue weighted by Crippen LogP contribution is -2.22. The smallest absolute Gasteiger partial charge is 0.438 e. The fourth-order valence-electron chi connectivity index (χ4n) is 0.925. The number of rotatable bonds is 5. The summed E-state index contributed by atoms with van der Waals surface area (Å²) in [4.78, 5) is 20.3. The van der Waals surface area contributed by atoms with Gasteiger partial charge in [0, 0.05) is 0 Å². The van der Waals surface area contributed by atoms with Crippen molar-refractivity contribution >= 4 is 17.9 Å². The van der Waals surface area contributed by atoms with Gasteiger partial charge in [-0.05, 0) is 6.92 Å². The van der Waals surface area contributed by atoms with E-state index in [0.717, 1.165) is 0 Å². The molecule has 0 amide bonds. The van der Waals surface area contributed by atoms with Gasteiger partial charge in [-0.25, -0.2) is 14.6 Å². The molecule has 0 aromatic rings. The summed E-state index contributed by atoms with van der Waals surface area (Å²) in [5.41, 5.74) is -0.175. The van der Waals surface area contributed by atoms with Crippen molar-refractivity contribution in [2.75, 3.05) is 26.1 Å². The molecule has 0 bridgehead atoms. The van der Waals surface area contributed by atoms with Gasteiger partial charge in [0.2, 0.25) is 6.29 Å². The SMILES string of the molecule is CCOOCC1OC(OC(=O)OC)CS1. The van der Waals surface area contributed by atoms with Crippen molar-refractivity contribution in [2.24, 2.45) is 0 Å². The first-order valence-electron chi connectivity index (χ1n) is 4.52. The Morgan fingerprint density at radius 1 is 1.53 bits per heavy atom. The fourth-order valence-corrected chi connectivity index (χ4v) is 1.80. The quantitative estimate of drug-likeness (QED) is 0.308. The zero-order chi connectivity index (χ0) is 11.1. The Hall–Kier alpha value is -0.500. The van der Waals surface area contributed by atoms with E-state index in [-0.39, 0.29) is 5.44 Å². The van der Waals surface area contributed by atoms with Crippen LogP contribution in [0.2, 0.25) is 0 Å². The Bertz CT molecular complexity index is 200. The summed E-state index contributed by atoms with van der Waals surface area (Å²) in [5.74, 6) is 0.565. The molecular weight excluding hydrogens is 224 g/mol. The highest BCUT2D eigenvalue weighted by atomic mass is 32.2. The van der Waals surface area contributed by atoms with Crippen LogP contribution in [0.25, 0.3) is 0 Å². The molecule has 0 aromatic heterocycles. The van der Waals surface area contributed by atoms with Gasteiger partial charge in [0.1, 0.15) is 12.0 Å². The van der Waals surface area contributed by atoms with Gasteiger partial charge in [-0.1, -0.05) is 0 Å². The number of carbonyl (C=O) groups is 1. The molecule has 2 atom stereocenters. The maximum Gasteiger partial charge on any atom is 0.510 e. The summed E-state index contributed by atoms with van der Waals surface area (Å²) >= 11 is 1.49. The van der Waals surface area contributed by atoms with Crippen LogP contribution in [0.15, 0.2) is 0 Å². The van der Waals surface area contributed by atoms with Crippen molar-refractivity contribution in [1.82, 2.24) is 0 Å². The van der Waals surface area contributed by atoms with Crippen molar-refractivity contribution in [2.45, 2.75) is 18.6 Å². The third-order valence-electron chi connectivity index (χ3n) is 1.52. The molecule has 0 radical (unpaired) electrons. The first-order chi connectivity index (χ1) is 7.26. The van der Waals surface area contributed by atoms with Crippen molar-refractivity contribution in [3.63, 3.8) is 0 Å². The molecule has 6 nitrogen and oxygen atoms in total. The fraction of sp³-hybridized carbons (Fsp3) is 0.875. The molecular formula is C8H14O6S. The predicted octanol–water partition coefficient (Wildman–Crippen LogP) is 1.15. The van der Waals surface area contributed by atoms with E-state index in [1.165, 1.54) is 18.9 Å². The van der Waals surface area contributed by atoms with E-state index in [9.17, 15) is 4.79 Å². The van der Waals surface area contributed by atoms with Crippen LogP contribution in [-0.4, -0.2) is 44.0 Å². The molecule has 0 spiro atoms. The van der Waals surface area contributed by atoms with Gasteiger partial charge in [0.25, 0.3) is 0 Å². The summed E-state index contributed by atoms with van der Waals surface area (Å²) in [6.45, 7) is 2.62. The predicted molar refractivity (Wildman–Crippen MR) is 52.2 cm³/mol. The molecule has 0 saturated carbocycles. The zero-order valence-corrected chi connectivity index (χ0v) is 9.45. The number of thioether (sulfide) groups is 1. The second-order valence-electron chi connectivity index (χ2n) is 2.59. The lowest BCUT2D eigenvalue weighted by atomic mass is 10.7. The number of methoxy groups -OCH3 is 1. The summed E-state index contributed by atoms with van der Waals surface area (Å²) in [6, 6.07) is 0. The Balaban J connectivity index is 2.12. The molecule has 0 aromatic carbocycles. The van der Waals surface area contributed by atoms with Crippen LogP contribution >= 0.6 is 11.8 Å². The van der Waals surface area contributed by atoms with Crippen LogP contribution in [0.4, 0.5) is 4.79 Å². The first kappa shape index (κ1) is 12.6. The molecule has 2 unspecified atom stereocenters. The zero-order valence-electron chi connectivity index (χ0n) is 8.63. The number of carbonyl (C=O) groups excluding carboxylic acids is 1. The van der Waals surface area contributed by atoms with Crippen molar-refractivity contribution in [1.29, 1.82) is 0 Å². The third-order valence-corrected chi connectivity index (χ3v) is 2.61. The number of ether oxygens (including phenoxy) is 3. The second-order valence-corrected chi connectivity index (χ2v) is 3.78. The summed E-state index contributed by atoms with van der Waals surface area (Å²) in [6.07, 6.45) is -1.32. The van der Waals surface area contributed by atoms with Crippen LogP contribution < -0.4 is 0 Å². The van der Waals surface area contributed by atoms with Gasteiger partial charge in [-0.2, -0.15) is 0 Å². The highest BCUT2D eigenvalue weighted by Gasteiger charge is 2.29. The Morgan fingerprint density at radius 3 is 3.00 bits per heavy atom. The maximum absolute atomic E-state index is 10.7. The van der Waals surface area contributed by atoms with Crippen molar-refractivity contribution in [3.8, 4) is 0 Å². The van der Waals surface area contributed by atoms with E-state index in [2.05, 4.69) is 4.74 Å². The molecule has 1 rings (SSSR count). The van der Waals surface area contributed by atoms with E-state index in [0.29, 0.717) is 19.0 Å². The summed E-state index contributed by atoms with van der Waals surface area (Å²) in [7, 11) is 1.25. The second kappa shape index (κ2) is 6.89. The average Bonchev–Trinajstić information content (AvgIpc) is 2.66. The molecule has 1 fully saturated rings. The monoisotopic (exact) mass is 238 g/mol. The minimum atomic E-state index is -0.744. The highest BCUT2D eigenvalue weighted by molar-refractivity contribution is 8.00. The number of hydrogen-bond acceptors (Lipinski definition) is 7. The van der Waals surface area contributed by atoms with Gasteiger partial charge >= 0.3 is 6.16 Å². The Labute approximate surface area is 92.1 Å². The van der Waals surface area contributed by atoms with Crippen LogP contribution in [-0.2, 0) is 24.0 Å². The standard InChI is InChI=1S/C8H14O6S/c1-3-11-12-4-7-13-6(5-15-7)14-8(9)10-2/h6-7H,3-5H2,1-2H3. The number of hydrogen-bond donors (Lipinski definition) is 0. The van der Waals surface area contributed by atoms with Crippen LogP contribution in [0, 0.1) is 0 Å². The van der Waals surface area contributed by atoms with Crippen LogP contribution in [0.1, 0.15) is 6.92 Å². The molecule has 7 heteroatoms. The van der Waals surface area contributed by atoms with Gasteiger partial charge in [0.05, 0.1) is 19.5 Å². The molecule has 1 aliphatic rings. The molecule has 0 aliphatic carbocycles. The minimum absolute atomic E-state index is 0.175. The van der Waals surface area contributed by atoms with Gasteiger partial charge in [0.15, 0.2) is 0 Å². The van der Waals surface area contributed by atoms with E-state index >= 15 is 0 Å². The normalized spacial score (nSPS) is 25.2. The van der Waals surface area contributed by atoms with Gasteiger partial charge < -0.3 is 14.2 Å². The van der Waals surface area contributed by atoms with Crippen molar-refractivity contribution in [3.05, 3.63) is 0 Å². The van der Waals surface area contributed by atoms with Crippen molar-refractivity contribution < 1.29 is 28.8 Å². The third kappa shape index (κ3) is 4.70. The topological polar surface area (TPSA) is 63.2 Å². The molecule has 1 aliphatic heterocycles. The van der Waals surface area contributed by atoms with Crippen LogP contribution in [0.5, 0.6) is 0 Å². The average molecular weight is 238 g/mol. The maximum atomic E-state index is 10.7. The highest BCUT2D eigenvalue weighted by Crippen LogP contribution is 2.26. The van der Waals surface area contributed by atoms with E-state index in [1.54, 1.807) is 0 Å². The van der Waals surface area contributed by atoms with E-state index in [4.69, 9.17) is 19.2 Å². The van der Waals surface area contributed by atoms with Crippen LogP contribution in [0.3, 0.4) is 0 Å². The summed E-state index contributed by atoms with van der Waals surface area (Å²) in [5, 5.41) is 0. The summed E-state index contributed by atoms with van der Waals surface area (Å²) < 4.78 is 14.5. The lowest BCUT2D eigenvalue weighted by molar-refractivity contribution is -0.301. The van der Waals surface area contributed by atoms with Gasteiger partial charge in [-0.3, -0.25) is 0 Å². The van der Waals surface area contributed by atoms with E-state index < -0.39 is 12.4 Å². The Kier molecular flexibility index (Phi) is 5.77. The van der Waals surface area contributed by atoms with E-state index in [1.807, 2.05) is 6.92 Å². The molecule has 88 valence electrons. The molecule has 15 heavy (non-hydrogen) atoms. The largest absolute Gasteiger partial charge is 0.510 e. The molecule has 1 heterocycles. The lowest BCUT2D eigenvalue weighted by Gasteiger charge is -2.11. The first-order valence-corrected chi connectivity index (χ1v) is 5.57. The molecule has 1 saturated heterocycles. The Morgan fingerprint density at radius 2 is 2.33 bits per heavy atom.